The van der Waals surface area contributed by atoms with E-state index >= 15 is 0 Å². The van der Waals surface area contributed by atoms with Gasteiger partial charge in [-0.1, -0.05) is 0 Å². The molecule has 3 heterocycles. The smallest absolute Gasteiger partial charge is 0.234 e. The molecule has 1 fully saturated rings. The SMILES string of the molecule is Nc1nnc2cc(C3CCC(=O)NC3=O)ccn12. The lowest BCUT2D eigenvalue weighted by molar-refractivity contribution is -0.134. The predicted octanol–water partition coefficient (Wildman–Crippen LogP) is -0.168. The van der Waals surface area contributed by atoms with Crippen molar-refractivity contribution in [3.05, 3.63) is 23.9 Å². The summed E-state index contributed by atoms with van der Waals surface area (Å²) < 4.78 is 1.63. The molecule has 1 aliphatic rings. The summed E-state index contributed by atoms with van der Waals surface area (Å²) in [5.41, 5.74) is 7.03. The van der Waals surface area contributed by atoms with Crippen LogP contribution in [0.2, 0.25) is 0 Å². The first-order chi connectivity index (χ1) is 8.65. The number of nitrogens with zero attached hydrogens (tertiary/aromatic N) is 3. The van der Waals surface area contributed by atoms with Gasteiger partial charge in [-0.25, -0.2) is 0 Å². The quantitative estimate of drug-likeness (QED) is 0.679. The number of carbonyl (C=O) groups is 2. The molecule has 0 aliphatic carbocycles. The highest BCUT2D eigenvalue weighted by atomic mass is 16.2. The van der Waals surface area contributed by atoms with E-state index in [0.29, 0.717) is 24.4 Å². The van der Waals surface area contributed by atoms with Crippen molar-refractivity contribution >= 4 is 23.4 Å². The predicted molar refractivity (Wildman–Crippen MR) is 62.5 cm³/mol. The van der Waals surface area contributed by atoms with Crippen LogP contribution in [0.15, 0.2) is 18.3 Å². The molecule has 7 nitrogen and oxygen atoms in total. The van der Waals surface area contributed by atoms with Crippen molar-refractivity contribution in [2.24, 2.45) is 0 Å². The van der Waals surface area contributed by atoms with Crippen LogP contribution in [-0.2, 0) is 9.59 Å². The Morgan fingerprint density at radius 1 is 1.39 bits per heavy atom. The maximum Gasteiger partial charge on any atom is 0.234 e. The van der Waals surface area contributed by atoms with Gasteiger partial charge in [-0.05, 0) is 24.1 Å². The van der Waals surface area contributed by atoms with E-state index in [4.69, 9.17) is 5.73 Å². The standard InChI is InChI=1S/C11H11N5O2/c12-11-15-14-8-5-6(3-4-16(8)11)7-1-2-9(17)13-10(7)18/h3-5,7H,1-2H2,(H2,12,15)(H,13,17,18). The number of piperidine rings is 1. The maximum absolute atomic E-state index is 11.7. The minimum atomic E-state index is -0.314. The number of nitrogens with two attached hydrogens (primary N) is 1. The molecule has 1 atom stereocenters. The zero-order chi connectivity index (χ0) is 12.7. The van der Waals surface area contributed by atoms with E-state index in [-0.39, 0.29) is 17.7 Å². The molecule has 1 saturated heterocycles. The normalized spacial score (nSPS) is 20.1. The third-order valence-corrected chi connectivity index (χ3v) is 3.10. The number of anilines is 1. The van der Waals surface area contributed by atoms with Crippen LogP contribution in [0.5, 0.6) is 0 Å². The first kappa shape index (κ1) is 10.7. The minimum Gasteiger partial charge on any atom is -0.368 e. The number of hydrogen-bond donors (Lipinski definition) is 2. The Morgan fingerprint density at radius 3 is 3.00 bits per heavy atom. The zero-order valence-electron chi connectivity index (χ0n) is 9.46. The van der Waals surface area contributed by atoms with E-state index in [1.54, 1.807) is 22.7 Å². The number of aromatic nitrogens is 3. The van der Waals surface area contributed by atoms with Crippen molar-refractivity contribution in [2.75, 3.05) is 5.73 Å². The summed E-state index contributed by atoms with van der Waals surface area (Å²) >= 11 is 0. The van der Waals surface area contributed by atoms with Gasteiger partial charge in [0, 0.05) is 12.6 Å². The second-order valence-corrected chi connectivity index (χ2v) is 4.25. The number of imide groups is 1. The third-order valence-electron chi connectivity index (χ3n) is 3.10. The van der Waals surface area contributed by atoms with E-state index < -0.39 is 0 Å². The Bertz CT molecular complexity index is 648. The molecule has 3 N–H and O–H groups in total. The summed E-state index contributed by atoms with van der Waals surface area (Å²) in [7, 11) is 0. The lowest BCUT2D eigenvalue weighted by Gasteiger charge is -2.20. The topological polar surface area (TPSA) is 102 Å². The molecule has 18 heavy (non-hydrogen) atoms. The van der Waals surface area contributed by atoms with Crippen LogP contribution >= 0.6 is 0 Å². The highest BCUT2D eigenvalue weighted by Gasteiger charge is 2.28. The van der Waals surface area contributed by atoms with Crippen LogP contribution in [0.4, 0.5) is 5.95 Å². The summed E-state index contributed by atoms with van der Waals surface area (Å²) in [4.78, 5) is 22.8. The van der Waals surface area contributed by atoms with Gasteiger partial charge in [-0.15, -0.1) is 10.2 Å². The Morgan fingerprint density at radius 2 is 2.22 bits per heavy atom. The Balaban J connectivity index is 1.99. The fraction of sp³-hybridized carbons (Fsp3) is 0.273. The van der Waals surface area contributed by atoms with Gasteiger partial charge in [0.1, 0.15) is 0 Å². The molecule has 0 aromatic carbocycles. The van der Waals surface area contributed by atoms with Gasteiger partial charge in [0.2, 0.25) is 17.8 Å². The summed E-state index contributed by atoms with van der Waals surface area (Å²) in [5, 5.41) is 9.99. The number of fused-ring (bicyclic) bond motifs is 1. The van der Waals surface area contributed by atoms with Crippen molar-refractivity contribution in [1.82, 2.24) is 19.9 Å². The van der Waals surface area contributed by atoms with Crippen LogP contribution < -0.4 is 11.1 Å². The first-order valence-corrected chi connectivity index (χ1v) is 5.59. The number of carbonyl (C=O) groups excluding carboxylic acids is 2. The van der Waals surface area contributed by atoms with Crippen LogP contribution in [-0.4, -0.2) is 26.4 Å². The molecule has 2 amide bonds. The van der Waals surface area contributed by atoms with Crippen LogP contribution in [0.3, 0.4) is 0 Å². The number of hydrogen-bond acceptors (Lipinski definition) is 5. The molecule has 3 rings (SSSR count). The van der Waals surface area contributed by atoms with E-state index in [2.05, 4.69) is 15.5 Å². The lowest BCUT2D eigenvalue weighted by Crippen LogP contribution is -2.39. The van der Waals surface area contributed by atoms with Crippen LogP contribution in [0.25, 0.3) is 5.65 Å². The molecule has 2 aromatic heterocycles. The van der Waals surface area contributed by atoms with Gasteiger partial charge >= 0.3 is 0 Å². The molecule has 0 radical (unpaired) electrons. The highest BCUT2D eigenvalue weighted by molar-refractivity contribution is 6.01. The van der Waals surface area contributed by atoms with Crippen molar-refractivity contribution in [3.8, 4) is 0 Å². The van der Waals surface area contributed by atoms with E-state index in [0.717, 1.165) is 5.56 Å². The van der Waals surface area contributed by atoms with E-state index in [1.165, 1.54) is 0 Å². The monoisotopic (exact) mass is 245 g/mol. The van der Waals surface area contributed by atoms with Crippen LogP contribution in [0, 0.1) is 0 Å². The first-order valence-electron chi connectivity index (χ1n) is 5.59. The van der Waals surface area contributed by atoms with Crippen molar-refractivity contribution in [2.45, 2.75) is 18.8 Å². The highest BCUT2D eigenvalue weighted by Crippen LogP contribution is 2.25. The fourth-order valence-electron chi connectivity index (χ4n) is 2.15. The molecule has 92 valence electrons. The molecule has 7 heteroatoms. The van der Waals surface area contributed by atoms with E-state index in [1.807, 2.05) is 0 Å². The maximum atomic E-state index is 11.7. The fourth-order valence-corrected chi connectivity index (χ4v) is 2.15. The molecular weight excluding hydrogens is 234 g/mol. The molecule has 0 saturated carbocycles. The van der Waals surface area contributed by atoms with Crippen molar-refractivity contribution in [3.63, 3.8) is 0 Å². The van der Waals surface area contributed by atoms with Gasteiger partial charge in [0.15, 0.2) is 5.65 Å². The second-order valence-electron chi connectivity index (χ2n) is 4.25. The van der Waals surface area contributed by atoms with Crippen molar-refractivity contribution < 1.29 is 9.59 Å². The van der Waals surface area contributed by atoms with Gasteiger partial charge in [-0.2, -0.15) is 0 Å². The van der Waals surface area contributed by atoms with Gasteiger partial charge in [-0.3, -0.25) is 19.3 Å². The average Bonchev–Trinajstić information content (AvgIpc) is 2.71. The summed E-state index contributed by atoms with van der Waals surface area (Å²) in [6.07, 6.45) is 2.60. The Hall–Kier alpha value is -2.44. The number of nitrogens with one attached hydrogen (secondary N) is 1. The van der Waals surface area contributed by atoms with Gasteiger partial charge in [0.25, 0.3) is 0 Å². The summed E-state index contributed by atoms with van der Waals surface area (Å²) in [5.74, 6) is -0.488. The van der Waals surface area contributed by atoms with Crippen LogP contribution in [0.1, 0.15) is 24.3 Å². The molecular formula is C11H11N5O2. The molecule has 1 aliphatic heterocycles. The summed E-state index contributed by atoms with van der Waals surface area (Å²) in [6.45, 7) is 0. The number of nitrogen functional groups attached to an aromatic ring is 1. The molecule has 0 bridgehead atoms. The number of rotatable bonds is 1. The largest absolute Gasteiger partial charge is 0.368 e. The molecule has 2 aromatic rings. The lowest BCUT2D eigenvalue weighted by atomic mass is 9.91. The molecule has 0 spiro atoms. The average molecular weight is 245 g/mol. The van der Waals surface area contributed by atoms with E-state index in [9.17, 15) is 9.59 Å². The second kappa shape index (κ2) is 3.80. The third kappa shape index (κ3) is 1.60. The van der Waals surface area contributed by atoms with Crippen molar-refractivity contribution in [1.29, 1.82) is 0 Å². The van der Waals surface area contributed by atoms with Gasteiger partial charge in [0.05, 0.1) is 5.92 Å². The van der Waals surface area contributed by atoms with Gasteiger partial charge < -0.3 is 5.73 Å². The Kier molecular flexibility index (Phi) is 2.26. The zero-order valence-corrected chi connectivity index (χ0v) is 9.46. The minimum absolute atomic E-state index is 0.218. The summed E-state index contributed by atoms with van der Waals surface area (Å²) in [6, 6.07) is 3.57. The number of pyridine rings is 1. The molecule has 1 unspecified atom stereocenters. The number of amides is 2. The Labute approximate surface area is 102 Å².